The highest BCUT2D eigenvalue weighted by Gasteiger charge is 2.20. The molecule has 2 aromatic rings. The minimum atomic E-state index is -1.10. The van der Waals surface area contributed by atoms with Gasteiger partial charge in [0.2, 0.25) is 5.91 Å². The number of carbonyl (C=O) groups excluding carboxylic acids is 1. The molecule has 0 spiro atoms. The van der Waals surface area contributed by atoms with Crippen molar-refractivity contribution in [2.24, 2.45) is 0 Å². The van der Waals surface area contributed by atoms with Crippen LogP contribution in [0.1, 0.15) is 11.1 Å². The molecule has 0 radical (unpaired) electrons. The van der Waals surface area contributed by atoms with Crippen LogP contribution in [-0.2, 0) is 32.1 Å². The highest BCUT2D eigenvalue weighted by molar-refractivity contribution is 5.84. The Labute approximate surface area is 164 Å². The molecule has 0 fully saturated rings. The second kappa shape index (κ2) is 11.7. The van der Waals surface area contributed by atoms with Crippen molar-refractivity contribution in [2.75, 3.05) is 26.9 Å². The Kier molecular flexibility index (Phi) is 8.97. The van der Waals surface area contributed by atoms with E-state index in [1.807, 2.05) is 30.3 Å². The largest absolute Gasteiger partial charge is 0.489 e. The van der Waals surface area contributed by atoms with Crippen LogP contribution in [0.25, 0.3) is 0 Å². The summed E-state index contributed by atoms with van der Waals surface area (Å²) in [5.41, 5.74) is 1.84. The molecule has 0 aliphatic heterocycles. The Morgan fingerprint density at radius 3 is 2.36 bits per heavy atom. The highest BCUT2D eigenvalue weighted by Crippen LogP contribution is 2.15. The third kappa shape index (κ3) is 7.77. The smallest absolute Gasteiger partial charge is 0.326 e. The van der Waals surface area contributed by atoms with Crippen LogP contribution in [0.3, 0.4) is 0 Å². The van der Waals surface area contributed by atoms with Crippen LogP contribution in [0.4, 0.5) is 0 Å². The first kappa shape index (κ1) is 21.4. The standard InChI is InChI=1S/C21H25NO6/c1-26-11-12-27-15-20(23)22-19(21(24)25)13-16-7-9-18(10-8-16)28-14-17-5-3-2-4-6-17/h2-10,19H,11-15H2,1H3,(H,22,23)(H,24,25)/t19-/m1/s1. The average molecular weight is 387 g/mol. The van der Waals surface area contributed by atoms with Gasteiger partial charge < -0.3 is 24.6 Å². The molecular formula is C21H25NO6. The average Bonchev–Trinajstić information content (AvgIpc) is 2.71. The fraction of sp³-hybridized carbons (Fsp3) is 0.333. The minimum absolute atomic E-state index is 0.165. The molecule has 2 rings (SSSR count). The maximum Gasteiger partial charge on any atom is 0.326 e. The Hall–Kier alpha value is -2.90. The van der Waals surface area contributed by atoms with E-state index >= 15 is 0 Å². The lowest BCUT2D eigenvalue weighted by Gasteiger charge is -2.15. The number of carboxylic acids is 1. The van der Waals surface area contributed by atoms with Crippen molar-refractivity contribution in [3.05, 3.63) is 65.7 Å². The first-order valence-electron chi connectivity index (χ1n) is 8.93. The molecule has 0 aliphatic rings. The normalized spacial score (nSPS) is 11.6. The summed E-state index contributed by atoms with van der Waals surface area (Å²) < 4.78 is 15.6. The molecule has 2 N–H and O–H groups in total. The highest BCUT2D eigenvalue weighted by atomic mass is 16.5. The van der Waals surface area contributed by atoms with Gasteiger partial charge in [0.25, 0.3) is 0 Å². The Bertz CT molecular complexity index is 732. The maximum atomic E-state index is 11.8. The van der Waals surface area contributed by atoms with Gasteiger partial charge in [-0.1, -0.05) is 42.5 Å². The Balaban J connectivity index is 1.83. The number of rotatable bonds is 12. The summed E-state index contributed by atoms with van der Waals surface area (Å²) in [4.78, 5) is 23.3. The van der Waals surface area contributed by atoms with Crippen LogP contribution in [-0.4, -0.2) is 50.0 Å². The van der Waals surface area contributed by atoms with Gasteiger partial charge in [-0.25, -0.2) is 4.79 Å². The topological polar surface area (TPSA) is 94.1 Å². The fourth-order valence-electron chi connectivity index (χ4n) is 2.44. The van der Waals surface area contributed by atoms with E-state index in [9.17, 15) is 14.7 Å². The van der Waals surface area contributed by atoms with E-state index < -0.39 is 17.9 Å². The van der Waals surface area contributed by atoms with E-state index in [1.165, 1.54) is 7.11 Å². The first-order valence-corrected chi connectivity index (χ1v) is 8.93. The van der Waals surface area contributed by atoms with Crippen molar-refractivity contribution in [3.8, 4) is 5.75 Å². The van der Waals surface area contributed by atoms with E-state index in [0.29, 0.717) is 19.0 Å². The third-order valence-corrected chi connectivity index (χ3v) is 3.91. The van der Waals surface area contributed by atoms with Crippen molar-refractivity contribution in [1.29, 1.82) is 0 Å². The van der Waals surface area contributed by atoms with Crippen LogP contribution in [0, 0.1) is 0 Å². The number of aliphatic carboxylic acids is 1. The second-order valence-corrected chi connectivity index (χ2v) is 6.13. The van der Waals surface area contributed by atoms with Gasteiger partial charge in [0.05, 0.1) is 13.2 Å². The van der Waals surface area contributed by atoms with E-state index in [-0.39, 0.29) is 19.6 Å². The zero-order valence-corrected chi connectivity index (χ0v) is 15.8. The number of benzene rings is 2. The lowest BCUT2D eigenvalue weighted by Crippen LogP contribution is -2.44. The molecule has 7 heteroatoms. The lowest BCUT2D eigenvalue weighted by molar-refractivity contribution is -0.142. The predicted molar refractivity (Wildman–Crippen MR) is 103 cm³/mol. The number of amides is 1. The molecule has 0 saturated carbocycles. The number of nitrogens with one attached hydrogen (secondary N) is 1. The summed E-state index contributed by atoms with van der Waals surface area (Å²) in [6, 6.07) is 15.9. The van der Waals surface area contributed by atoms with Gasteiger partial charge in [-0.05, 0) is 23.3 Å². The van der Waals surface area contributed by atoms with Crippen molar-refractivity contribution in [3.63, 3.8) is 0 Å². The lowest BCUT2D eigenvalue weighted by atomic mass is 10.1. The van der Waals surface area contributed by atoms with Gasteiger partial charge in [0.1, 0.15) is 25.0 Å². The van der Waals surface area contributed by atoms with Crippen LogP contribution in [0.15, 0.2) is 54.6 Å². The van der Waals surface area contributed by atoms with Gasteiger partial charge in [-0.2, -0.15) is 0 Å². The Morgan fingerprint density at radius 1 is 1.00 bits per heavy atom. The maximum absolute atomic E-state index is 11.8. The van der Waals surface area contributed by atoms with Gasteiger partial charge in [-0.15, -0.1) is 0 Å². The van der Waals surface area contributed by atoms with Crippen molar-refractivity contribution in [2.45, 2.75) is 19.1 Å². The first-order chi connectivity index (χ1) is 13.6. The summed E-state index contributed by atoms with van der Waals surface area (Å²) in [5, 5.41) is 11.8. The number of hydrogen-bond acceptors (Lipinski definition) is 5. The molecule has 7 nitrogen and oxygen atoms in total. The van der Waals surface area contributed by atoms with Gasteiger partial charge in [0.15, 0.2) is 0 Å². The molecule has 150 valence electrons. The van der Waals surface area contributed by atoms with Crippen LogP contribution >= 0.6 is 0 Å². The molecule has 0 aliphatic carbocycles. The van der Waals surface area contributed by atoms with E-state index in [2.05, 4.69) is 5.32 Å². The van der Waals surface area contributed by atoms with Gasteiger partial charge >= 0.3 is 5.97 Å². The molecule has 1 atom stereocenters. The van der Waals surface area contributed by atoms with E-state index in [0.717, 1.165) is 11.1 Å². The summed E-state index contributed by atoms with van der Waals surface area (Å²) in [7, 11) is 1.53. The molecular weight excluding hydrogens is 362 g/mol. The fourth-order valence-corrected chi connectivity index (χ4v) is 2.44. The van der Waals surface area contributed by atoms with Crippen LogP contribution in [0.5, 0.6) is 5.75 Å². The zero-order valence-electron chi connectivity index (χ0n) is 15.8. The number of ether oxygens (including phenoxy) is 3. The third-order valence-electron chi connectivity index (χ3n) is 3.91. The summed E-state index contributed by atoms with van der Waals surface area (Å²) in [6.45, 7) is 0.886. The number of methoxy groups -OCH3 is 1. The summed E-state index contributed by atoms with van der Waals surface area (Å²) >= 11 is 0. The minimum Gasteiger partial charge on any atom is -0.489 e. The van der Waals surface area contributed by atoms with Crippen LogP contribution < -0.4 is 10.1 Å². The van der Waals surface area contributed by atoms with E-state index in [4.69, 9.17) is 14.2 Å². The molecule has 0 unspecified atom stereocenters. The number of carbonyl (C=O) groups is 2. The molecule has 1 amide bonds. The zero-order chi connectivity index (χ0) is 20.2. The predicted octanol–water partition coefficient (Wildman–Crippen LogP) is 2.04. The number of carboxylic acid groups (broad SMARTS) is 1. The van der Waals surface area contributed by atoms with Crippen molar-refractivity contribution >= 4 is 11.9 Å². The summed E-state index contributed by atoms with van der Waals surface area (Å²) in [5.74, 6) is -0.893. The monoisotopic (exact) mass is 387 g/mol. The molecule has 0 bridgehead atoms. The Morgan fingerprint density at radius 2 is 1.71 bits per heavy atom. The molecule has 0 aromatic heterocycles. The molecule has 0 heterocycles. The second-order valence-electron chi connectivity index (χ2n) is 6.13. The molecule has 2 aromatic carbocycles. The summed E-state index contributed by atoms with van der Waals surface area (Å²) in [6.07, 6.45) is 0.165. The SMILES string of the molecule is COCCOCC(=O)N[C@H](Cc1ccc(OCc2ccccc2)cc1)C(=O)O. The van der Waals surface area contributed by atoms with Crippen molar-refractivity contribution < 1.29 is 28.9 Å². The molecule has 0 saturated heterocycles. The van der Waals surface area contributed by atoms with Gasteiger partial charge in [-0.3, -0.25) is 4.79 Å². The molecule has 28 heavy (non-hydrogen) atoms. The number of hydrogen-bond donors (Lipinski definition) is 2. The van der Waals surface area contributed by atoms with Gasteiger partial charge in [0, 0.05) is 13.5 Å². The van der Waals surface area contributed by atoms with Crippen molar-refractivity contribution in [1.82, 2.24) is 5.32 Å². The van der Waals surface area contributed by atoms with Crippen LogP contribution in [0.2, 0.25) is 0 Å². The van der Waals surface area contributed by atoms with E-state index in [1.54, 1.807) is 24.3 Å². The quantitative estimate of drug-likeness (QED) is 0.542.